The Hall–Kier alpha value is -3.12. The summed E-state index contributed by atoms with van der Waals surface area (Å²) in [4.78, 5) is 0. The molecule has 3 aromatic carbocycles. The molecule has 0 heterocycles. The third-order valence-electron chi connectivity index (χ3n) is 4.02. The molecule has 6 heteroatoms. The molecule has 0 aliphatic rings. The molecule has 0 saturated heterocycles. The highest BCUT2D eigenvalue weighted by atomic mass is 32.1. The number of hydrogen-bond donors (Lipinski definition) is 2. The third kappa shape index (κ3) is 5.69. The van der Waals surface area contributed by atoms with E-state index in [0.29, 0.717) is 29.8 Å². The molecule has 0 radical (unpaired) electrons. The standard InChI is InChI=1S/C22H21FN2O2S/c1-26-21-13-17(7-12-20(21)27-15-16-5-3-2-4-6-16)14-24-22(28)25-19-10-8-18(23)9-11-19/h2-13H,14-15H2,1H3,(H2,24,25,28). The van der Waals surface area contributed by atoms with Crippen molar-refractivity contribution in [2.45, 2.75) is 13.2 Å². The van der Waals surface area contributed by atoms with Crippen LogP contribution in [0.1, 0.15) is 11.1 Å². The first-order valence-electron chi connectivity index (χ1n) is 8.78. The summed E-state index contributed by atoms with van der Waals surface area (Å²) in [6.07, 6.45) is 0. The van der Waals surface area contributed by atoms with Crippen molar-refractivity contribution in [1.82, 2.24) is 5.32 Å². The minimum atomic E-state index is -0.286. The molecule has 0 saturated carbocycles. The Bertz CT molecular complexity index is 918. The van der Waals surface area contributed by atoms with Gasteiger partial charge < -0.3 is 20.1 Å². The lowest BCUT2D eigenvalue weighted by Gasteiger charge is -2.14. The number of hydrogen-bond acceptors (Lipinski definition) is 3. The number of halogens is 1. The fraction of sp³-hybridized carbons (Fsp3) is 0.136. The smallest absolute Gasteiger partial charge is 0.171 e. The van der Waals surface area contributed by atoms with Crippen molar-refractivity contribution in [3.05, 3.63) is 89.7 Å². The first-order chi connectivity index (χ1) is 13.6. The molecule has 144 valence electrons. The Morgan fingerprint density at radius 1 is 0.929 bits per heavy atom. The molecular weight excluding hydrogens is 375 g/mol. The number of methoxy groups -OCH3 is 1. The number of nitrogens with one attached hydrogen (secondary N) is 2. The summed E-state index contributed by atoms with van der Waals surface area (Å²) < 4.78 is 24.3. The minimum absolute atomic E-state index is 0.286. The Kier molecular flexibility index (Phi) is 6.81. The fourth-order valence-corrected chi connectivity index (χ4v) is 2.76. The highest BCUT2D eigenvalue weighted by Crippen LogP contribution is 2.28. The van der Waals surface area contributed by atoms with Gasteiger partial charge in [-0.1, -0.05) is 36.4 Å². The zero-order valence-corrected chi connectivity index (χ0v) is 16.3. The summed E-state index contributed by atoms with van der Waals surface area (Å²) in [5.74, 6) is 1.06. The summed E-state index contributed by atoms with van der Waals surface area (Å²) >= 11 is 5.28. The van der Waals surface area contributed by atoms with Gasteiger partial charge in [-0.3, -0.25) is 0 Å². The van der Waals surface area contributed by atoms with Gasteiger partial charge in [-0.15, -0.1) is 0 Å². The molecule has 3 aromatic rings. The predicted molar refractivity (Wildman–Crippen MR) is 113 cm³/mol. The van der Waals surface area contributed by atoms with Crippen molar-refractivity contribution >= 4 is 23.0 Å². The number of anilines is 1. The normalized spacial score (nSPS) is 10.2. The topological polar surface area (TPSA) is 42.5 Å². The van der Waals surface area contributed by atoms with Crippen molar-refractivity contribution in [2.75, 3.05) is 12.4 Å². The first-order valence-corrected chi connectivity index (χ1v) is 9.19. The lowest BCUT2D eigenvalue weighted by molar-refractivity contribution is 0.284. The van der Waals surface area contributed by atoms with Gasteiger partial charge >= 0.3 is 0 Å². The van der Waals surface area contributed by atoms with E-state index in [1.54, 1.807) is 19.2 Å². The molecule has 2 N–H and O–H groups in total. The van der Waals surface area contributed by atoms with Crippen molar-refractivity contribution < 1.29 is 13.9 Å². The van der Waals surface area contributed by atoms with Crippen LogP contribution in [0.15, 0.2) is 72.8 Å². The summed E-state index contributed by atoms with van der Waals surface area (Å²) in [6, 6.07) is 21.7. The van der Waals surface area contributed by atoms with E-state index in [1.165, 1.54) is 12.1 Å². The van der Waals surface area contributed by atoms with Gasteiger partial charge in [0.05, 0.1) is 7.11 Å². The van der Waals surface area contributed by atoms with Crippen LogP contribution in [-0.2, 0) is 13.2 Å². The number of rotatable bonds is 7. The molecule has 4 nitrogen and oxygen atoms in total. The molecule has 0 bridgehead atoms. The van der Waals surface area contributed by atoms with Crippen LogP contribution in [-0.4, -0.2) is 12.2 Å². The van der Waals surface area contributed by atoms with Crippen LogP contribution in [0.3, 0.4) is 0 Å². The van der Waals surface area contributed by atoms with E-state index in [9.17, 15) is 4.39 Å². The Labute approximate surface area is 169 Å². The molecule has 0 aliphatic carbocycles. The largest absolute Gasteiger partial charge is 0.493 e. The summed E-state index contributed by atoms with van der Waals surface area (Å²) in [5.41, 5.74) is 2.81. The van der Waals surface area contributed by atoms with E-state index in [2.05, 4.69) is 10.6 Å². The quantitative estimate of drug-likeness (QED) is 0.556. The van der Waals surface area contributed by atoms with Crippen molar-refractivity contribution in [1.29, 1.82) is 0 Å². The second kappa shape index (κ2) is 9.71. The van der Waals surface area contributed by atoms with E-state index in [1.807, 2.05) is 48.5 Å². The van der Waals surface area contributed by atoms with E-state index < -0.39 is 0 Å². The van der Waals surface area contributed by atoms with Gasteiger partial charge in [0.25, 0.3) is 0 Å². The first kappa shape index (κ1) is 19.6. The molecule has 0 fully saturated rings. The van der Waals surface area contributed by atoms with Crippen LogP contribution >= 0.6 is 12.2 Å². The van der Waals surface area contributed by atoms with Crippen LogP contribution in [0.2, 0.25) is 0 Å². The molecule has 0 unspecified atom stereocenters. The van der Waals surface area contributed by atoms with Gasteiger partial charge in [0.2, 0.25) is 0 Å². The van der Waals surface area contributed by atoms with Crippen molar-refractivity contribution in [3.8, 4) is 11.5 Å². The van der Waals surface area contributed by atoms with E-state index >= 15 is 0 Å². The van der Waals surface area contributed by atoms with Crippen LogP contribution in [0.5, 0.6) is 11.5 Å². The number of ether oxygens (including phenoxy) is 2. The Balaban J connectivity index is 1.55. The molecule has 0 atom stereocenters. The van der Waals surface area contributed by atoms with Gasteiger partial charge in [0.15, 0.2) is 16.6 Å². The van der Waals surface area contributed by atoms with Crippen molar-refractivity contribution in [2.24, 2.45) is 0 Å². The zero-order chi connectivity index (χ0) is 19.8. The summed E-state index contributed by atoms with van der Waals surface area (Å²) in [5, 5.41) is 6.59. The number of benzene rings is 3. The molecule has 0 aromatic heterocycles. The van der Waals surface area contributed by atoms with Gasteiger partial charge in [0, 0.05) is 12.2 Å². The van der Waals surface area contributed by atoms with Crippen LogP contribution in [0.4, 0.5) is 10.1 Å². The molecule has 0 amide bonds. The van der Waals surface area contributed by atoms with E-state index in [-0.39, 0.29) is 5.82 Å². The summed E-state index contributed by atoms with van der Waals surface area (Å²) in [7, 11) is 1.61. The van der Waals surface area contributed by atoms with Crippen molar-refractivity contribution in [3.63, 3.8) is 0 Å². The summed E-state index contributed by atoms with van der Waals surface area (Å²) in [6.45, 7) is 0.989. The SMILES string of the molecule is COc1cc(CNC(=S)Nc2ccc(F)cc2)ccc1OCc1ccccc1. The maximum absolute atomic E-state index is 13.0. The molecule has 3 rings (SSSR count). The molecule has 28 heavy (non-hydrogen) atoms. The Morgan fingerprint density at radius 3 is 2.39 bits per heavy atom. The second-order valence-electron chi connectivity index (χ2n) is 6.07. The highest BCUT2D eigenvalue weighted by Gasteiger charge is 2.07. The fourth-order valence-electron chi connectivity index (χ4n) is 2.57. The lowest BCUT2D eigenvalue weighted by atomic mass is 10.2. The molecule has 0 spiro atoms. The van der Waals surface area contributed by atoms with Gasteiger partial charge in [-0.05, 0) is 59.7 Å². The van der Waals surface area contributed by atoms with Gasteiger partial charge in [0.1, 0.15) is 12.4 Å². The second-order valence-corrected chi connectivity index (χ2v) is 6.48. The third-order valence-corrected chi connectivity index (χ3v) is 4.27. The zero-order valence-electron chi connectivity index (χ0n) is 15.4. The average Bonchev–Trinajstić information content (AvgIpc) is 2.73. The Morgan fingerprint density at radius 2 is 1.68 bits per heavy atom. The maximum atomic E-state index is 13.0. The van der Waals surface area contributed by atoms with Crippen LogP contribution in [0.25, 0.3) is 0 Å². The minimum Gasteiger partial charge on any atom is -0.493 e. The van der Waals surface area contributed by atoms with Crippen LogP contribution in [0, 0.1) is 5.82 Å². The van der Waals surface area contributed by atoms with Gasteiger partial charge in [-0.2, -0.15) is 0 Å². The highest BCUT2D eigenvalue weighted by molar-refractivity contribution is 7.80. The average molecular weight is 396 g/mol. The maximum Gasteiger partial charge on any atom is 0.171 e. The molecular formula is C22H21FN2O2S. The van der Waals surface area contributed by atoms with E-state index in [4.69, 9.17) is 21.7 Å². The lowest BCUT2D eigenvalue weighted by Crippen LogP contribution is -2.27. The van der Waals surface area contributed by atoms with Crippen LogP contribution < -0.4 is 20.1 Å². The number of thiocarbonyl (C=S) groups is 1. The van der Waals surface area contributed by atoms with E-state index in [0.717, 1.165) is 16.8 Å². The monoisotopic (exact) mass is 396 g/mol. The molecule has 0 aliphatic heterocycles. The predicted octanol–water partition coefficient (Wildman–Crippen LogP) is 4.90. The van der Waals surface area contributed by atoms with Gasteiger partial charge in [-0.25, -0.2) is 4.39 Å².